The predicted molar refractivity (Wildman–Crippen MR) is 93.1 cm³/mol. The van der Waals surface area contributed by atoms with E-state index in [0.717, 1.165) is 35.5 Å². The lowest BCUT2D eigenvalue weighted by atomic mass is 10.1. The van der Waals surface area contributed by atoms with Gasteiger partial charge in [0.2, 0.25) is 5.95 Å². The predicted octanol–water partition coefficient (Wildman–Crippen LogP) is 3.76. The van der Waals surface area contributed by atoms with E-state index in [-0.39, 0.29) is 0 Å². The van der Waals surface area contributed by atoms with Gasteiger partial charge >= 0.3 is 0 Å². The lowest BCUT2D eigenvalue weighted by Gasteiger charge is -2.28. The Balaban J connectivity index is 1.76. The van der Waals surface area contributed by atoms with Crippen molar-refractivity contribution in [3.05, 3.63) is 48.8 Å². The number of anilines is 3. The third kappa shape index (κ3) is 2.95. The van der Waals surface area contributed by atoms with Gasteiger partial charge in [-0.25, -0.2) is 4.98 Å². The summed E-state index contributed by atoms with van der Waals surface area (Å²) in [6.07, 6.45) is 7.28. The van der Waals surface area contributed by atoms with Gasteiger partial charge in [-0.3, -0.25) is 4.98 Å². The lowest BCUT2D eigenvalue weighted by Crippen LogP contribution is -2.30. The largest absolute Gasteiger partial charge is 0.356 e. The number of hydrogen-bond donors (Lipinski definition) is 1. The molecule has 1 fully saturated rings. The Morgan fingerprint density at radius 2 is 1.65 bits per heavy atom. The Kier molecular flexibility index (Phi) is 3.76. The first-order chi connectivity index (χ1) is 11.4. The quantitative estimate of drug-likeness (QED) is 0.798. The minimum atomic E-state index is 0.635. The molecule has 0 spiro atoms. The molecule has 5 heteroatoms. The summed E-state index contributed by atoms with van der Waals surface area (Å²) in [6.45, 7) is 2.13. The highest BCUT2D eigenvalue weighted by Gasteiger charge is 2.16. The first kappa shape index (κ1) is 13.9. The smallest absolute Gasteiger partial charge is 0.229 e. The van der Waals surface area contributed by atoms with E-state index < -0.39 is 0 Å². The van der Waals surface area contributed by atoms with Crippen LogP contribution < -0.4 is 10.2 Å². The number of hydrogen-bond acceptors (Lipinski definition) is 5. The number of benzene rings is 1. The third-order valence-electron chi connectivity index (χ3n) is 4.18. The zero-order chi connectivity index (χ0) is 15.5. The number of fused-ring (bicyclic) bond motifs is 1. The summed E-state index contributed by atoms with van der Waals surface area (Å²) in [5.74, 6) is 1.67. The molecule has 2 aromatic heterocycles. The molecule has 3 aromatic rings. The molecule has 1 saturated heterocycles. The van der Waals surface area contributed by atoms with Crippen LogP contribution in [0.25, 0.3) is 10.9 Å². The van der Waals surface area contributed by atoms with E-state index in [1.807, 2.05) is 24.3 Å². The van der Waals surface area contributed by atoms with Gasteiger partial charge in [-0.2, -0.15) is 4.98 Å². The maximum absolute atomic E-state index is 4.80. The monoisotopic (exact) mass is 305 g/mol. The van der Waals surface area contributed by atoms with Crippen molar-refractivity contribution < 1.29 is 0 Å². The fourth-order valence-electron chi connectivity index (χ4n) is 3.03. The molecule has 0 aliphatic carbocycles. The zero-order valence-electron chi connectivity index (χ0n) is 12.9. The molecule has 1 aromatic carbocycles. The maximum atomic E-state index is 4.80. The van der Waals surface area contributed by atoms with Crippen LogP contribution in [0.4, 0.5) is 17.5 Å². The summed E-state index contributed by atoms with van der Waals surface area (Å²) >= 11 is 0. The molecule has 1 aliphatic rings. The summed E-state index contributed by atoms with van der Waals surface area (Å²) in [5, 5.41) is 4.41. The van der Waals surface area contributed by atoms with Crippen molar-refractivity contribution in [2.24, 2.45) is 0 Å². The maximum Gasteiger partial charge on any atom is 0.229 e. The van der Waals surface area contributed by atoms with Gasteiger partial charge < -0.3 is 10.2 Å². The van der Waals surface area contributed by atoms with Gasteiger partial charge in [-0.1, -0.05) is 12.1 Å². The van der Waals surface area contributed by atoms with Crippen molar-refractivity contribution in [1.82, 2.24) is 15.0 Å². The van der Waals surface area contributed by atoms with Gasteiger partial charge in [0.1, 0.15) is 5.82 Å². The Morgan fingerprint density at radius 3 is 2.48 bits per heavy atom. The molecule has 4 rings (SSSR count). The van der Waals surface area contributed by atoms with Gasteiger partial charge in [0, 0.05) is 36.6 Å². The topological polar surface area (TPSA) is 53.9 Å². The average molecular weight is 305 g/mol. The minimum absolute atomic E-state index is 0.635. The van der Waals surface area contributed by atoms with Crippen LogP contribution in [-0.2, 0) is 0 Å². The number of para-hydroxylation sites is 1. The van der Waals surface area contributed by atoms with Crippen LogP contribution >= 0.6 is 0 Å². The van der Waals surface area contributed by atoms with E-state index in [9.17, 15) is 0 Å². The average Bonchev–Trinajstić information content (AvgIpc) is 2.63. The number of pyridine rings is 1. The molecule has 0 unspecified atom stereocenters. The molecular formula is C18H19N5. The van der Waals surface area contributed by atoms with Crippen molar-refractivity contribution in [2.75, 3.05) is 23.3 Å². The van der Waals surface area contributed by atoms with E-state index in [2.05, 4.69) is 32.3 Å². The number of piperidine rings is 1. The molecule has 0 atom stereocenters. The summed E-state index contributed by atoms with van der Waals surface area (Å²) < 4.78 is 0. The van der Waals surface area contributed by atoms with Crippen molar-refractivity contribution in [1.29, 1.82) is 0 Å². The third-order valence-corrected chi connectivity index (χ3v) is 4.18. The molecule has 23 heavy (non-hydrogen) atoms. The number of rotatable bonds is 3. The lowest BCUT2D eigenvalue weighted by molar-refractivity contribution is 0.575. The first-order valence-corrected chi connectivity index (χ1v) is 8.09. The van der Waals surface area contributed by atoms with Gasteiger partial charge in [-0.15, -0.1) is 0 Å². The van der Waals surface area contributed by atoms with E-state index >= 15 is 0 Å². The fraction of sp³-hybridized carbons (Fsp3) is 0.278. The van der Waals surface area contributed by atoms with Crippen molar-refractivity contribution >= 4 is 28.4 Å². The zero-order valence-corrected chi connectivity index (χ0v) is 12.9. The number of nitrogens with one attached hydrogen (secondary N) is 1. The highest BCUT2D eigenvalue weighted by molar-refractivity contribution is 5.90. The minimum Gasteiger partial charge on any atom is -0.356 e. The normalized spacial score (nSPS) is 14.9. The van der Waals surface area contributed by atoms with Crippen LogP contribution in [0.3, 0.4) is 0 Å². The number of aromatic nitrogens is 3. The Hall–Kier alpha value is -2.69. The van der Waals surface area contributed by atoms with E-state index in [4.69, 9.17) is 4.98 Å². The van der Waals surface area contributed by atoms with E-state index in [1.54, 1.807) is 12.4 Å². The highest BCUT2D eigenvalue weighted by atomic mass is 15.2. The van der Waals surface area contributed by atoms with Crippen molar-refractivity contribution in [3.63, 3.8) is 0 Å². The highest BCUT2D eigenvalue weighted by Crippen LogP contribution is 2.28. The van der Waals surface area contributed by atoms with Crippen LogP contribution in [0.1, 0.15) is 19.3 Å². The molecule has 0 bridgehead atoms. The van der Waals surface area contributed by atoms with Crippen LogP contribution in [0, 0.1) is 0 Å². The molecule has 0 saturated carbocycles. The van der Waals surface area contributed by atoms with Crippen molar-refractivity contribution in [3.8, 4) is 0 Å². The standard InChI is InChI=1S/C18H19N5/c1-4-12-23(13-5-1)17-15-6-2-3-7-16(15)21-18(22-17)20-14-8-10-19-11-9-14/h2-3,6-11H,1,4-5,12-13H2,(H,19,20,21,22). The van der Waals surface area contributed by atoms with Crippen molar-refractivity contribution in [2.45, 2.75) is 19.3 Å². The second-order valence-electron chi connectivity index (χ2n) is 5.80. The Morgan fingerprint density at radius 1 is 0.870 bits per heavy atom. The Bertz CT molecular complexity index is 797. The summed E-state index contributed by atoms with van der Waals surface area (Å²) in [7, 11) is 0. The molecule has 3 heterocycles. The second-order valence-corrected chi connectivity index (χ2v) is 5.80. The molecule has 0 radical (unpaired) electrons. The Labute approximate surface area is 135 Å². The molecule has 0 amide bonds. The van der Waals surface area contributed by atoms with Crippen LogP contribution in [0.15, 0.2) is 48.8 Å². The molecule has 116 valence electrons. The van der Waals surface area contributed by atoms with Crippen LogP contribution in [0.5, 0.6) is 0 Å². The molecule has 5 nitrogen and oxygen atoms in total. The summed E-state index contributed by atoms with van der Waals surface area (Å²) in [5.41, 5.74) is 1.92. The van der Waals surface area contributed by atoms with Gasteiger partial charge in [-0.05, 0) is 43.5 Å². The fourth-order valence-corrected chi connectivity index (χ4v) is 3.03. The van der Waals surface area contributed by atoms with E-state index in [0.29, 0.717) is 5.95 Å². The van der Waals surface area contributed by atoms with Gasteiger partial charge in [0.25, 0.3) is 0 Å². The molecular weight excluding hydrogens is 286 g/mol. The second kappa shape index (κ2) is 6.20. The van der Waals surface area contributed by atoms with Crippen LogP contribution in [0.2, 0.25) is 0 Å². The summed E-state index contributed by atoms with van der Waals surface area (Å²) in [4.78, 5) is 15.9. The first-order valence-electron chi connectivity index (χ1n) is 8.09. The SMILES string of the molecule is c1ccc2c(N3CCCCC3)nc(Nc3ccncc3)nc2c1. The molecule has 1 N–H and O–H groups in total. The van der Waals surface area contributed by atoms with E-state index in [1.165, 1.54) is 19.3 Å². The van der Waals surface area contributed by atoms with Gasteiger partial charge in [0.05, 0.1) is 5.52 Å². The summed E-state index contributed by atoms with van der Waals surface area (Å²) in [6, 6.07) is 12.1. The number of nitrogens with zero attached hydrogens (tertiary/aromatic N) is 4. The van der Waals surface area contributed by atoms with Gasteiger partial charge in [0.15, 0.2) is 0 Å². The van der Waals surface area contributed by atoms with Crippen LogP contribution in [-0.4, -0.2) is 28.0 Å². The molecule has 1 aliphatic heterocycles.